The van der Waals surface area contributed by atoms with Gasteiger partial charge in [0.1, 0.15) is 5.82 Å². The molecule has 0 spiro atoms. The number of hydrogen-bond donors (Lipinski definition) is 1. The van der Waals surface area contributed by atoms with Gasteiger partial charge in [0.2, 0.25) is 0 Å². The highest BCUT2D eigenvalue weighted by Gasteiger charge is 2.10. The Hall–Kier alpha value is -2.62. The van der Waals surface area contributed by atoms with Gasteiger partial charge in [0.15, 0.2) is 0 Å². The van der Waals surface area contributed by atoms with E-state index in [1.54, 1.807) is 0 Å². The molecular weight excluding hydrogens is 298 g/mol. The number of rotatable bonds is 5. The zero-order valence-electron chi connectivity index (χ0n) is 14.4. The van der Waals surface area contributed by atoms with Gasteiger partial charge < -0.3 is 9.88 Å². The van der Waals surface area contributed by atoms with Gasteiger partial charge in [-0.25, -0.2) is 4.98 Å². The average molecular weight is 321 g/mol. The van der Waals surface area contributed by atoms with Gasteiger partial charge in [-0.1, -0.05) is 24.3 Å². The van der Waals surface area contributed by atoms with E-state index in [1.807, 2.05) is 37.3 Å². The van der Waals surface area contributed by atoms with Gasteiger partial charge in [-0.15, -0.1) is 0 Å². The molecule has 4 heteroatoms. The van der Waals surface area contributed by atoms with Crippen molar-refractivity contribution in [1.29, 1.82) is 0 Å². The van der Waals surface area contributed by atoms with Crippen LogP contribution >= 0.6 is 0 Å². The quantitative estimate of drug-likeness (QED) is 0.775. The second-order valence-electron chi connectivity index (χ2n) is 6.32. The first-order valence-electron chi connectivity index (χ1n) is 8.37. The molecule has 0 aliphatic carbocycles. The summed E-state index contributed by atoms with van der Waals surface area (Å²) in [5.74, 6) is 1.01. The summed E-state index contributed by atoms with van der Waals surface area (Å²) < 4.78 is 2.25. The van der Waals surface area contributed by atoms with Crippen LogP contribution in [0.4, 0.5) is 0 Å². The third kappa shape index (κ3) is 3.32. The Balaban J connectivity index is 1.67. The number of amides is 1. The van der Waals surface area contributed by atoms with E-state index in [-0.39, 0.29) is 5.91 Å². The van der Waals surface area contributed by atoms with Crippen LogP contribution in [0.3, 0.4) is 0 Å². The van der Waals surface area contributed by atoms with Gasteiger partial charge in [-0.2, -0.15) is 0 Å². The van der Waals surface area contributed by atoms with E-state index in [4.69, 9.17) is 0 Å². The zero-order valence-corrected chi connectivity index (χ0v) is 14.4. The standard InChI is InChI=1S/C20H23N3O/c1-14(2)23-15(3)22-18-13-16(9-10-19(18)23)11-12-21-20(24)17-7-5-4-6-8-17/h4-10,13-14H,11-12H2,1-3H3,(H,21,24). The van der Waals surface area contributed by atoms with Crippen molar-refractivity contribution < 1.29 is 4.79 Å². The summed E-state index contributed by atoms with van der Waals surface area (Å²) in [7, 11) is 0. The van der Waals surface area contributed by atoms with Crippen molar-refractivity contribution >= 4 is 16.9 Å². The molecule has 4 nitrogen and oxygen atoms in total. The van der Waals surface area contributed by atoms with Crippen LogP contribution < -0.4 is 5.32 Å². The Morgan fingerprint density at radius 3 is 2.62 bits per heavy atom. The minimum Gasteiger partial charge on any atom is -0.352 e. The first kappa shape index (κ1) is 16.2. The summed E-state index contributed by atoms with van der Waals surface area (Å²) in [6.45, 7) is 6.99. The molecule has 2 aromatic carbocycles. The molecule has 0 saturated heterocycles. The molecule has 1 aromatic heterocycles. The number of fused-ring (bicyclic) bond motifs is 1. The van der Waals surface area contributed by atoms with E-state index >= 15 is 0 Å². The number of hydrogen-bond acceptors (Lipinski definition) is 2. The van der Waals surface area contributed by atoms with Gasteiger partial charge in [0, 0.05) is 18.2 Å². The van der Waals surface area contributed by atoms with Gasteiger partial charge >= 0.3 is 0 Å². The van der Waals surface area contributed by atoms with Crippen molar-refractivity contribution in [2.24, 2.45) is 0 Å². The van der Waals surface area contributed by atoms with Crippen molar-refractivity contribution in [3.05, 3.63) is 65.5 Å². The third-order valence-corrected chi connectivity index (χ3v) is 4.18. The smallest absolute Gasteiger partial charge is 0.251 e. The fourth-order valence-corrected chi connectivity index (χ4v) is 3.08. The molecule has 0 fully saturated rings. The number of nitrogens with zero attached hydrogens (tertiary/aromatic N) is 2. The minimum absolute atomic E-state index is 0.0309. The lowest BCUT2D eigenvalue weighted by Crippen LogP contribution is -2.25. The van der Waals surface area contributed by atoms with Crippen LogP contribution in [0.2, 0.25) is 0 Å². The van der Waals surface area contributed by atoms with Crippen LogP contribution in [0.5, 0.6) is 0 Å². The van der Waals surface area contributed by atoms with E-state index in [9.17, 15) is 4.79 Å². The first-order valence-corrected chi connectivity index (χ1v) is 8.37. The third-order valence-electron chi connectivity index (χ3n) is 4.18. The molecule has 0 aliphatic heterocycles. The second kappa shape index (κ2) is 6.87. The van der Waals surface area contributed by atoms with Gasteiger partial charge in [0.25, 0.3) is 5.91 Å². The Morgan fingerprint density at radius 1 is 1.17 bits per heavy atom. The van der Waals surface area contributed by atoms with Crippen molar-refractivity contribution in [2.75, 3.05) is 6.54 Å². The summed E-state index contributed by atoms with van der Waals surface area (Å²) in [6.07, 6.45) is 0.794. The average Bonchev–Trinajstić information content (AvgIpc) is 2.90. The van der Waals surface area contributed by atoms with E-state index < -0.39 is 0 Å². The summed E-state index contributed by atoms with van der Waals surface area (Å²) in [5, 5.41) is 2.97. The fourth-order valence-electron chi connectivity index (χ4n) is 3.08. The molecule has 1 amide bonds. The number of imidazole rings is 1. The highest BCUT2D eigenvalue weighted by molar-refractivity contribution is 5.94. The summed E-state index contributed by atoms with van der Waals surface area (Å²) in [6, 6.07) is 16.1. The molecule has 0 saturated carbocycles. The second-order valence-corrected chi connectivity index (χ2v) is 6.32. The molecule has 0 bridgehead atoms. The summed E-state index contributed by atoms with van der Waals surface area (Å²) in [4.78, 5) is 16.7. The first-order chi connectivity index (χ1) is 11.6. The molecule has 3 aromatic rings. The lowest BCUT2D eigenvalue weighted by atomic mass is 10.1. The molecule has 24 heavy (non-hydrogen) atoms. The van der Waals surface area contributed by atoms with E-state index in [0.29, 0.717) is 18.2 Å². The van der Waals surface area contributed by atoms with Gasteiger partial charge in [0.05, 0.1) is 11.0 Å². The summed E-state index contributed by atoms with van der Waals surface area (Å²) in [5.41, 5.74) is 4.07. The number of benzene rings is 2. The van der Waals surface area contributed by atoms with Crippen LogP contribution in [0.25, 0.3) is 11.0 Å². The summed E-state index contributed by atoms with van der Waals surface area (Å²) >= 11 is 0. The molecule has 0 aliphatic rings. The number of carbonyl (C=O) groups excluding carboxylic acids is 1. The number of aromatic nitrogens is 2. The molecule has 0 unspecified atom stereocenters. The van der Waals surface area contributed by atoms with Gasteiger partial charge in [-0.05, 0) is 57.0 Å². The topological polar surface area (TPSA) is 46.9 Å². The van der Waals surface area contributed by atoms with Crippen LogP contribution in [0.15, 0.2) is 48.5 Å². The monoisotopic (exact) mass is 321 g/mol. The lowest BCUT2D eigenvalue weighted by molar-refractivity contribution is 0.0954. The number of nitrogens with one attached hydrogen (secondary N) is 1. The van der Waals surface area contributed by atoms with Crippen LogP contribution in [-0.4, -0.2) is 22.0 Å². The maximum Gasteiger partial charge on any atom is 0.251 e. The largest absolute Gasteiger partial charge is 0.352 e. The highest BCUT2D eigenvalue weighted by Crippen LogP contribution is 2.21. The molecule has 1 heterocycles. The predicted octanol–water partition coefficient (Wildman–Crippen LogP) is 3.90. The fraction of sp³-hybridized carbons (Fsp3) is 0.300. The normalized spacial score (nSPS) is 11.2. The number of carbonyl (C=O) groups is 1. The maximum atomic E-state index is 12.0. The molecule has 0 atom stereocenters. The molecule has 0 radical (unpaired) electrons. The van der Waals surface area contributed by atoms with E-state index in [1.165, 1.54) is 11.1 Å². The zero-order chi connectivity index (χ0) is 17.1. The Morgan fingerprint density at radius 2 is 1.92 bits per heavy atom. The molecule has 1 N–H and O–H groups in total. The molecule has 3 rings (SSSR count). The highest BCUT2D eigenvalue weighted by atomic mass is 16.1. The van der Waals surface area contributed by atoms with E-state index in [2.05, 4.69) is 46.9 Å². The Bertz CT molecular complexity index is 850. The minimum atomic E-state index is -0.0309. The van der Waals surface area contributed by atoms with Crippen LogP contribution in [0.1, 0.15) is 41.6 Å². The van der Waals surface area contributed by atoms with Crippen molar-refractivity contribution in [3.63, 3.8) is 0 Å². The van der Waals surface area contributed by atoms with Crippen LogP contribution in [-0.2, 0) is 6.42 Å². The Labute approximate surface area is 142 Å². The molecule has 124 valence electrons. The van der Waals surface area contributed by atoms with Crippen molar-refractivity contribution in [1.82, 2.24) is 14.9 Å². The van der Waals surface area contributed by atoms with Crippen molar-refractivity contribution in [2.45, 2.75) is 33.2 Å². The van der Waals surface area contributed by atoms with Crippen LogP contribution in [0, 0.1) is 6.92 Å². The van der Waals surface area contributed by atoms with Crippen molar-refractivity contribution in [3.8, 4) is 0 Å². The van der Waals surface area contributed by atoms with E-state index in [0.717, 1.165) is 17.8 Å². The number of aryl methyl sites for hydroxylation is 1. The SMILES string of the molecule is Cc1nc2cc(CCNC(=O)c3ccccc3)ccc2n1C(C)C. The predicted molar refractivity (Wildman–Crippen MR) is 97.3 cm³/mol. The van der Waals surface area contributed by atoms with Gasteiger partial charge in [-0.3, -0.25) is 4.79 Å². The lowest BCUT2D eigenvalue weighted by Gasteiger charge is -2.11. The Kier molecular flexibility index (Phi) is 4.65. The molecular formula is C20H23N3O. The maximum absolute atomic E-state index is 12.0.